The van der Waals surface area contributed by atoms with Gasteiger partial charge < -0.3 is 26.1 Å². The van der Waals surface area contributed by atoms with Gasteiger partial charge in [-0.3, -0.25) is 4.79 Å². The molecule has 3 aromatic rings. The van der Waals surface area contributed by atoms with E-state index in [9.17, 15) is 4.79 Å². The van der Waals surface area contributed by atoms with Crippen LogP contribution < -0.4 is 16.8 Å². The Labute approximate surface area is 174 Å². The molecule has 9 heteroatoms. The first-order valence-electron chi connectivity index (χ1n) is 9.70. The summed E-state index contributed by atoms with van der Waals surface area (Å²) in [5.74, 6) is 1.86. The maximum atomic E-state index is 12.2. The molecule has 0 spiro atoms. The van der Waals surface area contributed by atoms with E-state index in [1.54, 1.807) is 11.8 Å². The number of carbonyl (C=O) groups is 1. The van der Waals surface area contributed by atoms with Crippen LogP contribution in [0.15, 0.2) is 24.3 Å². The van der Waals surface area contributed by atoms with Crippen molar-refractivity contribution < 1.29 is 9.53 Å². The van der Waals surface area contributed by atoms with Gasteiger partial charge in [-0.2, -0.15) is 11.8 Å². The van der Waals surface area contributed by atoms with Crippen LogP contribution in [0.25, 0.3) is 21.9 Å². The molecule has 0 radical (unpaired) electrons. The highest BCUT2D eigenvalue weighted by molar-refractivity contribution is 7.98. The Morgan fingerprint density at radius 2 is 2.14 bits per heavy atom. The highest BCUT2D eigenvalue weighted by Gasteiger charge is 2.18. The molecule has 0 saturated carbocycles. The highest BCUT2D eigenvalue weighted by atomic mass is 32.2. The molecule has 3 rings (SSSR count). The summed E-state index contributed by atoms with van der Waals surface area (Å²) in [6.07, 6.45) is 2.66. The average molecular weight is 417 g/mol. The summed E-state index contributed by atoms with van der Waals surface area (Å²) in [7, 11) is 0. The number of nitrogens with one attached hydrogen (secondary N) is 1. The van der Waals surface area contributed by atoms with Crippen LogP contribution in [0.3, 0.4) is 0 Å². The third kappa shape index (κ3) is 4.80. The molecule has 0 aliphatic heterocycles. The van der Waals surface area contributed by atoms with Crippen molar-refractivity contribution in [2.75, 3.05) is 30.9 Å². The second kappa shape index (κ2) is 9.91. The molecule has 2 aromatic heterocycles. The minimum Gasteiger partial charge on any atom is -0.382 e. The number of fused-ring (bicyclic) bond motifs is 3. The summed E-state index contributed by atoms with van der Waals surface area (Å²) in [5.41, 5.74) is 14.5. The second-order valence-electron chi connectivity index (χ2n) is 6.71. The van der Waals surface area contributed by atoms with Crippen LogP contribution >= 0.6 is 11.8 Å². The monoisotopic (exact) mass is 416 g/mol. The van der Waals surface area contributed by atoms with Gasteiger partial charge in [0.15, 0.2) is 5.82 Å². The van der Waals surface area contributed by atoms with Gasteiger partial charge in [0.2, 0.25) is 5.91 Å². The Kier molecular flexibility index (Phi) is 7.29. The fourth-order valence-electron chi connectivity index (χ4n) is 3.25. The molecule has 1 aromatic carbocycles. The molecule has 5 N–H and O–H groups in total. The van der Waals surface area contributed by atoms with E-state index in [0.29, 0.717) is 44.1 Å². The Bertz CT molecular complexity index is 990. The molecule has 0 aliphatic rings. The van der Waals surface area contributed by atoms with Crippen molar-refractivity contribution >= 4 is 45.4 Å². The van der Waals surface area contributed by atoms with Crippen LogP contribution in [0, 0.1) is 0 Å². The van der Waals surface area contributed by atoms with Crippen LogP contribution in [0.5, 0.6) is 0 Å². The van der Waals surface area contributed by atoms with Gasteiger partial charge >= 0.3 is 0 Å². The molecule has 2 heterocycles. The lowest BCUT2D eigenvalue weighted by Gasteiger charge is -2.14. The Morgan fingerprint density at radius 1 is 1.34 bits per heavy atom. The van der Waals surface area contributed by atoms with Crippen molar-refractivity contribution in [3.05, 3.63) is 30.1 Å². The van der Waals surface area contributed by atoms with Crippen molar-refractivity contribution in [3.8, 4) is 0 Å². The summed E-state index contributed by atoms with van der Waals surface area (Å²) in [4.78, 5) is 21.4. The smallest absolute Gasteiger partial charge is 0.237 e. The van der Waals surface area contributed by atoms with Crippen LogP contribution in [0.1, 0.15) is 19.2 Å². The Balaban J connectivity index is 1.89. The third-order valence-electron chi connectivity index (χ3n) is 4.73. The molecular formula is C20H28N6O2S. The Morgan fingerprint density at radius 3 is 2.90 bits per heavy atom. The molecule has 0 bridgehead atoms. The minimum absolute atomic E-state index is 0.138. The fraction of sp³-hybridized carbons (Fsp3) is 0.450. The quantitative estimate of drug-likeness (QED) is 0.461. The predicted octanol–water partition coefficient (Wildman–Crippen LogP) is 1.90. The first-order valence-corrected chi connectivity index (χ1v) is 11.1. The zero-order valence-corrected chi connectivity index (χ0v) is 17.7. The largest absolute Gasteiger partial charge is 0.382 e. The van der Waals surface area contributed by atoms with Crippen molar-refractivity contribution in [1.29, 1.82) is 0 Å². The standard InChI is InChI=1S/C20H28N6O2S/c1-3-28-12-16-25-17-18(13-6-4-5-7-15(13)24-19(17)22)26(16)10-9-23-20(27)14(21)8-11-29-2/h4-7,14H,3,8-12,21H2,1-2H3,(H2,22,24)(H,23,27). The third-order valence-corrected chi connectivity index (χ3v) is 5.37. The highest BCUT2D eigenvalue weighted by Crippen LogP contribution is 2.28. The lowest BCUT2D eigenvalue weighted by atomic mass is 10.2. The van der Waals surface area contributed by atoms with Crippen LogP contribution in [-0.2, 0) is 22.7 Å². The maximum absolute atomic E-state index is 12.2. The predicted molar refractivity (Wildman–Crippen MR) is 119 cm³/mol. The van der Waals surface area contributed by atoms with Crippen molar-refractivity contribution in [2.24, 2.45) is 5.73 Å². The topological polar surface area (TPSA) is 121 Å². The number of aromatic nitrogens is 3. The van der Waals surface area contributed by atoms with E-state index >= 15 is 0 Å². The second-order valence-corrected chi connectivity index (χ2v) is 7.69. The number of hydrogen-bond donors (Lipinski definition) is 3. The summed E-state index contributed by atoms with van der Waals surface area (Å²) >= 11 is 1.68. The molecule has 0 aliphatic carbocycles. The lowest BCUT2D eigenvalue weighted by Crippen LogP contribution is -2.42. The van der Waals surface area contributed by atoms with E-state index in [-0.39, 0.29) is 5.91 Å². The van der Waals surface area contributed by atoms with Crippen LogP contribution in [0.2, 0.25) is 0 Å². The molecule has 1 atom stereocenters. The average Bonchev–Trinajstić information content (AvgIpc) is 3.09. The Hall–Kier alpha value is -2.36. The number of anilines is 1. The van der Waals surface area contributed by atoms with Crippen LogP contribution in [-0.4, -0.2) is 51.6 Å². The lowest BCUT2D eigenvalue weighted by molar-refractivity contribution is -0.122. The summed E-state index contributed by atoms with van der Waals surface area (Å²) < 4.78 is 7.65. The first-order chi connectivity index (χ1) is 14.1. The first kappa shape index (κ1) is 21.4. The van der Waals surface area contributed by atoms with E-state index in [1.807, 2.05) is 37.4 Å². The molecule has 29 heavy (non-hydrogen) atoms. The van der Waals surface area contributed by atoms with Crippen LogP contribution in [0.4, 0.5) is 5.82 Å². The number of amides is 1. The number of carbonyl (C=O) groups excluding carboxylic acids is 1. The molecule has 156 valence electrons. The van der Waals surface area contributed by atoms with E-state index < -0.39 is 6.04 Å². The zero-order valence-electron chi connectivity index (χ0n) is 16.9. The zero-order chi connectivity index (χ0) is 20.8. The molecule has 8 nitrogen and oxygen atoms in total. The van der Waals surface area contributed by atoms with Gasteiger partial charge in [-0.05, 0) is 31.4 Å². The number of benzene rings is 1. The number of nitrogens with two attached hydrogens (primary N) is 2. The van der Waals surface area contributed by atoms with Gasteiger partial charge in [0.05, 0.1) is 17.1 Å². The number of para-hydroxylation sites is 1. The number of nitrogen functional groups attached to an aromatic ring is 1. The van der Waals surface area contributed by atoms with Crippen molar-refractivity contribution in [3.63, 3.8) is 0 Å². The number of thioether (sulfide) groups is 1. The van der Waals surface area contributed by atoms with E-state index in [0.717, 1.165) is 28.0 Å². The maximum Gasteiger partial charge on any atom is 0.237 e. The van der Waals surface area contributed by atoms with E-state index in [2.05, 4.69) is 19.9 Å². The molecular weight excluding hydrogens is 388 g/mol. The molecule has 0 saturated heterocycles. The number of hydrogen-bond acceptors (Lipinski definition) is 7. The van der Waals surface area contributed by atoms with Gasteiger partial charge in [0, 0.05) is 25.1 Å². The summed E-state index contributed by atoms with van der Waals surface area (Å²) in [6, 6.07) is 7.33. The van der Waals surface area contributed by atoms with E-state index in [1.165, 1.54) is 0 Å². The number of nitrogens with zero attached hydrogens (tertiary/aromatic N) is 3. The fourth-order valence-corrected chi connectivity index (χ4v) is 3.74. The SMILES string of the molecule is CCOCc1nc2c(N)nc3ccccc3c2n1CCNC(=O)C(N)CCSC. The normalized spacial score (nSPS) is 12.5. The summed E-state index contributed by atoms with van der Waals surface area (Å²) in [5, 5.41) is 3.90. The van der Waals surface area contributed by atoms with Gasteiger partial charge in [0.1, 0.15) is 17.9 Å². The molecule has 0 fully saturated rings. The number of rotatable bonds is 10. The van der Waals surface area contributed by atoms with E-state index in [4.69, 9.17) is 16.2 Å². The van der Waals surface area contributed by atoms with Gasteiger partial charge in [-0.1, -0.05) is 18.2 Å². The van der Waals surface area contributed by atoms with Gasteiger partial charge in [-0.25, -0.2) is 9.97 Å². The van der Waals surface area contributed by atoms with Gasteiger partial charge in [0.25, 0.3) is 0 Å². The minimum atomic E-state index is -0.495. The summed E-state index contributed by atoms with van der Waals surface area (Å²) in [6.45, 7) is 3.85. The van der Waals surface area contributed by atoms with Crippen molar-refractivity contribution in [2.45, 2.75) is 32.5 Å². The number of ether oxygens (including phenoxy) is 1. The molecule has 1 unspecified atom stereocenters. The van der Waals surface area contributed by atoms with Crippen molar-refractivity contribution in [1.82, 2.24) is 19.9 Å². The number of imidazole rings is 1. The number of pyridine rings is 1. The molecule has 1 amide bonds. The van der Waals surface area contributed by atoms with Gasteiger partial charge in [-0.15, -0.1) is 0 Å².